The van der Waals surface area contributed by atoms with E-state index in [4.69, 9.17) is 5.73 Å². The number of fused-ring (bicyclic) bond motifs is 1. The molecule has 3 rings (SSSR count). The van der Waals surface area contributed by atoms with Gasteiger partial charge in [0, 0.05) is 36.3 Å². The summed E-state index contributed by atoms with van der Waals surface area (Å²) in [5.41, 5.74) is 5.77. The Bertz CT molecular complexity index is 637. The minimum absolute atomic E-state index is 0.0595. The van der Waals surface area contributed by atoms with E-state index in [1.165, 1.54) is 25.1 Å². The first-order valence-electron chi connectivity index (χ1n) is 7.14. The van der Waals surface area contributed by atoms with Crippen LogP contribution in [0.3, 0.4) is 0 Å². The van der Waals surface area contributed by atoms with Gasteiger partial charge < -0.3 is 5.73 Å². The third-order valence-electron chi connectivity index (χ3n) is 4.27. The number of aromatic nitrogens is 1. The van der Waals surface area contributed by atoms with Gasteiger partial charge >= 0.3 is 0 Å². The van der Waals surface area contributed by atoms with Crippen molar-refractivity contribution in [3.8, 4) is 0 Å². The molecule has 0 radical (unpaired) electrons. The van der Waals surface area contributed by atoms with Gasteiger partial charge in [0.2, 0.25) is 10.0 Å². The second-order valence-corrected chi connectivity index (χ2v) is 8.41. The first-order valence-corrected chi connectivity index (χ1v) is 9.37. The zero-order valence-electron chi connectivity index (χ0n) is 11.7. The van der Waals surface area contributed by atoms with Crippen molar-refractivity contribution >= 4 is 31.8 Å². The molecule has 2 aliphatic heterocycles. The summed E-state index contributed by atoms with van der Waals surface area (Å²) in [7, 11) is -3.58. The Morgan fingerprint density at radius 1 is 1.29 bits per heavy atom. The maximum atomic E-state index is 12.8. The largest absolute Gasteiger partial charge is 0.383 e. The van der Waals surface area contributed by atoms with E-state index in [1.54, 1.807) is 4.31 Å². The molecule has 2 N–H and O–H groups in total. The molecule has 6 nitrogen and oxygen atoms in total. The number of piperazine rings is 1. The number of anilines is 1. The van der Waals surface area contributed by atoms with Gasteiger partial charge in [0.1, 0.15) is 10.7 Å². The SMILES string of the molecule is Nc1ncc(Br)cc1S(=O)(=O)N1CCN2CCCCC2C1. The predicted octanol–water partition coefficient (Wildman–Crippen LogP) is 1.29. The maximum Gasteiger partial charge on any atom is 0.246 e. The first kappa shape index (κ1) is 15.2. The van der Waals surface area contributed by atoms with Gasteiger partial charge in [0.25, 0.3) is 0 Å². The summed E-state index contributed by atoms with van der Waals surface area (Å²) in [5, 5.41) is 0. The van der Waals surface area contributed by atoms with Crippen molar-refractivity contribution < 1.29 is 8.42 Å². The van der Waals surface area contributed by atoms with Crippen molar-refractivity contribution in [3.05, 3.63) is 16.7 Å². The summed E-state index contributed by atoms with van der Waals surface area (Å²) in [5.74, 6) is 0.0595. The molecule has 0 aromatic carbocycles. The van der Waals surface area contributed by atoms with Crippen LogP contribution < -0.4 is 5.73 Å². The van der Waals surface area contributed by atoms with Crippen molar-refractivity contribution in [2.45, 2.75) is 30.2 Å². The standard InChI is InChI=1S/C13H19BrN4O2S/c14-10-7-12(13(15)16-8-10)21(19,20)18-6-5-17-4-2-1-3-11(17)9-18/h7-8,11H,1-6,9H2,(H2,15,16). The van der Waals surface area contributed by atoms with Crippen LogP contribution in [-0.4, -0.2) is 54.8 Å². The van der Waals surface area contributed by atoms with Crippen LogP contribution in [0.2, 0.25) is 0 Å². The molecule has 2 fully saturated rings. The van der Waals surface area contributed by atoms with Crippen LogP contribution in [0.1, 0.15) is 19.3 Å². The molecular weight excluding hydrogens is 356 g/mol. The van der Waals surface area contributed by atoms with Crippen molar-refractivity contribution in [1.82, 2.24) is 14.2 Å². The maximum absolute atomic E-state index is 12.8. The Kier molecular flexibility index (Phi) is 4.22. The molecule has 1 atom stereocenters. The van der Waals surface area contributed by atoms with Crippen molar-refractivity contribution in [2.75, 3.05) is 31.9 Å². The monoisotopic (exact) mass is 374 g/mol. The summed E-state index contributed by atoms with van der Waals surface area (Å²) < 4.78 is 27.8. The van der Waals surface area contributed by atoms with Gasteiger partial charge in [-0.1, -0.05) is 6.42 Å². The quantitative estimate of drug-likeness (QED) is 0.843. The van der Waals surface area contributed by atoms with Gasteiger partial charge in [0.05, 0.1) is 0 Å². The lowest BCUT2D eigenvalue weighted by Gasteiger charge is -2.43. The van der Waals surface area contributed by atoms with Crippen molar-refractivity contribution in [3.63, 3.8) is 0 Å². The summed E-state index contributed by atoms with van der Waals surface area (Å²) >= 11 is 3.26. The fraction of sp³-hybridized carbons (Fsp3) is 0.615. The van der Waals surface area contributed by atoms with Gasteiger partial charge in [-0.25, -0.2) is 13.4 Å². The zero-order chi connectivity index (χ0) is 15.0. The molecule has 1 aromatic rings. The number of sulfonamides is 1. The molecule has 0 amide bonds. The summed E-state index contributed by atoms with van der Waals surface area (Å²) in [6.45, 7) is 2.95. The average Bonchev–Trinajstić information content (AvgIpc) is 2.49. The molecular formula is C13H19BrN4O2S. The molecule has 21 heavy (non-hydrogen) atoms. The van der Waals surface area contributed by atoms with E-state index in [-0.39, 0.29) is 10.7 Å². The van der Waals surface area contributed by atoms with Crippen LogP contribution in [-0.2, 0) is 10.0 Å². The van der Waals surface area contributed by atoms with Gasteiger partial charge in [-0.15, -0.1) is 0 Å². The second-order valence-electron chi connectivity index (χ2n) is 5.59. The van der Waals surface area contributed by atoms with E-state index in [0.717, 1.165) is 19.5 Å². The third-order valence-corrected chi connectivity index (χ3v) is 6.59. The van der Waals surface area contributed by atoms with E-state index in [1.807, 2.05) is 0 Å². The molecule has 2 aliphatic rings. The number of pyridine rings is 1. The highest BCUT2D eigenvalue weighted by Gasteiger charge is 2.36. The van der Waals surface area contributed by atoms with Gasteiger partial charge in [-0.2, -0.15) is 4.31 Å². The first-order chi connectivity index (χ1) is 9.98. The van der Waals surface area contributed by atoms with E-state index in [0.29, 0.717) is 23.6 Å². The van der Waals surface area contributed by atoms with E-state index < -0.39 is 10.0 Å². The second kappa shape index (κ2) is 5.83. The topological polar surface area (TPSA) is 79.5 Å². The van der Waals surface area contributed by atoms with Crippen LogP contribution in [0.25, 0.3) is 0 Å². The molecule has 2 saturated heterocycles. The Morgan fingerprint density at radius 3 is 2.90 bits per heavy atom. The van der Waals surface area contributed by atoms with Crippen LogP contribution in [0, 0.1) is 0 Å². The Hall–Kier alpha value is -0.700. The Labute approximate surface area is 133 Å². The smallest absolute Gasteiger partial charge is 0.246 e. The molecule has 0 saturated carbocycles. The fourth-order valence-corrected chi connectivity index (χ4v) is 5.17. The van der Waals surface area contributed by atoms with Crippen LogP contribution in [0.4, 0.5) is 5.82 Å². The highest BCUT2D eigenvalue weighted by molar-refractivity contribution is 9.10. The zero-order valence-corrected chi connectivity index (χ0v) is 14.1. The number of nitrogens with two attached hydrogens (primary N) is 1. The molecule has 116 valence electrons. The molecule has 0 spiro atoms. The number of rotatable bonds is 2. The van der Waals surface area contributed by atoms with Gasteiger partial charge in [-0.05, 0) is 41.4 Å². The Balaban J connectivity index is 1.86. The molecule has 3 heterocycles. The summed E-state index contributed by atoms with van der Waals surface area (Å²) in [6, 6.07) is 1.87. The number of piperidine rings is 1. The normalized spacial score (nSPS) is 24.7. The van der Waals surface area contributed by atoms with E-state index in [9.17, 15) is 8.42 Å². The number of hydrogen-bond donors (Lipinski definition) is 1. The molecule has 8 heteroatoms. The lowest BCUT2D eigenvalue weighted by atomic mass is 10.0. The number of nitrogens with zero attached hydrogens (tertiary/aromatic N) is 3. The molecule has 0 bridgehead atoms. The number of nitrogen functional groups attached to an aromatic ring is 1. The highest BCUT2D eigenvalue weighted by atomic mass is 79.9. The minimum atomic E-state index is -3.58. The highest BCUT2D eigenvalue weighted by Crippen LogP contribution is 2.28. The number of hydrogen-bond acceptors (Lipinski definition) is 5. The fourth-order valence-electron chi connectivity index (χ4n) is 3.12. The molecule has 1 unspecified atom stereocenters. The predicted molar refractivity (Wildman–Crippen MR) is 84.3 cm³/mol. The molecule has 1 aromatic heterocycles. The minimum Gasteiger partial charge on any atom is -0.383 e. The van der Waals surface area contributed by atoms with Crippen LogP contribution in [0.5, 0.6) is 0 Å². The van der Waals surface area contributed by atoms with E-state index >= 15 is 0 Å². The average molecular weight is 375 g/mol. The van der Waals surface area contributed by atoms with Crippen molar-refractivity contribution in [2.24, 2.45) is 0 Å². The van der Waals surface area contributed by atoms with Crippen LogP contribution >= 0.6 is 15.9 Å². The van der Waals surface area contributed by atoms with Gasteiger partial charge in [-0.3, -0.25) is 4.90 Å². The lowest BCUT2D eigenvalue weighted by Crippen LogP contribution is -2.56. The van der Waals surface area contributed by atoms with Crippen molar-refractivity contribution in [1.29, 1.82) is 0 Å². The lowest BCUT2D eigenvalue weighted by molar-refractivity contribution is 0.0852. The van der Waals surface area contributed by atoms with E-state index in [2.05, 4.69) is 25.8 Å². The van der Waals surface area contributed by atoms with Gasteiger partial charge in [0.15, 0.2) is 0 Å². The Morgan fingerprint density at radius 2 is 2.10 bits per heavy atom. The number of halogens is 1. The third kappa shape index (κ3) is 2.94. The summed E-state index contributed by atoms with van der Waals surface area (Å²) in [4.78, 5) is 6.44. The molecule has 0 aliphatic carbocycles. The summed E-state index contributed by atoms with van der Waals surface area (Å²) in [6.07, 6.45) is 4.97. The van der Waals surface area contributed by atoms with Crippen LogP contribution in [0.15, 0.2) is 21.6 Å².